The fourth-order valence-electron chi connectivity index (χ4n) is 2.87. The highest BCUT2D eigenvalue weighted by Gasteiger charge is 2.14. The molecular weight excluding hydrogens is 374 g/mol. The highest BCUT2D eigenvalue weighted by Crippen LogP contribution is 2.31. The van der Waals surface area contributed by atoms with Crippen LogP contribution in [0, 0.1) is 0 Å². The van der Waals surface area contributed by atoms with Crippen LogP contribution in [0.2, 0.25) is 5.02 Å². The minimum Gasteiger partial charge on any atom is -0.436 e. The van der Waals surface area contributed by atoms with E-state index in [0.29, 0.717) is 28.1 Å². The van der Waals surface area contributed by atoms with Crippen LogP contribution in [-0.2, 0) is 0 Å². The van der Waals surface area contributed by atoms with Gasteiger partial charge in [-0.1, -0.05) is 31.5 Å². The van der Waals surface area contributed by atoms with Crippen LogP contribution in [0.25, 0.3) is 22.6 Å². The van der Waals surface area contributed by atoms with E-state index in [9.17, 15) is 4.79 Å². The Morgan fingerprint density at radius 1 is 1.14 bits per heavy atom. The second-order valence-corrected chi connectivity index (χ2v) is 7.20. The van der Waals surface area contributed by atoms with E-state index in [0.717, 1.165) is 16.7 Å². The number of benzene rings is 2. The lowest BCUT2D eigenvalue weighted by Crippen LogP contribution is -2.12. The average molecular weight is 392 g/mol. The van der Waals surface area contributed by atoms with E-state index in [1.54, 1.807) is 30.5 Å². The Labute approximate surface area is 167 Å². The lowest BCUT2D eigenvalue weighted by Gasteiger charge is -2.08. The third-order valence-electron chi connectivity index (χ3n) is 4.46. The molecule has 5 nitrogen and oxygen atoms in total. The quantitative estimate of drug-likeness (QED) is 0.469. The van der Waals surface area contributed by atoms with Gasteiger partial charge >= 0.3 is 0 Å². The minimum absolute atomic E-state index is 0.286. The van der Waals surface area contributed by atoms with Crippen LogP contribution in [0.15, 0.2) is 65.3 Å². The molecule has 0 bridgehead atoms. The number of fused-ring (bicyclic) bond motifs is 1. The molecule has 1 amide bonds. The van der Waals surface area contributed by atoms with Gasteiger partial charge in [0.05, 0.1) is 16.3 Å². The van der Waals surface area contributed by atoms with E-state index >= 15 is 0 Å². The molecule has 0 aliphatic rings. The Bertz CT molecular complexity index is 1150. The van der Waals surface area contributed by atoms with Crippen molar-refractivity contribution >= 4 is 34.3 Å². The van der Waals surface area contributed by atoms with Crippen molar-refractivity contribution < 1.29 is 9.21 Å². The van der Waals surface area contributed by atoms with Gasteiger partial charge in [-0.3, -0.25) is 9.78 Å². The van der Waals surface area contributed by atoms with Crippen LogP contribution >= 0.6 is 11.6 Å². The van der Waals surface area contributed by atoms with Crippen LogP contribution in [0.1, 0.15) is 35.7 Å². The number of amides is 1. The van der Waals surface area contributed by atoms with Crippen molar-refractivity contribution in [2.24, 2.45) is 0 Å². The van der Waals surface area contributed by atoms with Gasteiger partial charge < -0.3 is 9.73 Å². The Kier molecular flexibility index (Phi) is 4.84. The average Bonchev–Trinajstić information content (AvgIpc) is 3.13. The predicted molar refractivity (Wildman–Crippen MR) is 111 cm³/mol. The molecule has 4 rings (SSSR count). The lowest BCUT2D eigenvalue weighted by atomic mass is 10.0. The van der Waals surface area contributed by atoms with Gasteiger partial charge in [0, 0.05) is 18.0 Å². The zero-order valence-electron chi connectivity index (χ0n) is 15.4. The molecule has 0 spiro atoms. The summed E-state index contributed by atoms with van der Waals surface area (Å²) in [5, 5.41) is 3.24. The number of nitrogens with zero attached hydrogens (tertiary/aromatic N) is 2. The third kappa shape index (κ3) is 3.62. The number of rotatable bonds is 4. The maximum absolute atomic E-state index is 12.4. The zero-order valence-corrected chi connectivity index (χ0v) is 16.2. The first-order chi connectivity index (χ1) is 13.5. The van der Waals surface area contributed by atoms with Crippen LogP contribution in [-0.4, -0.2) is 15.9 Å². The van der Waals surface area contributed by atoms with Gasteiger partial charge in [-0.05, 0) is 53.9 Å². The molecule has 0 saturated carbocycles. The Hall–Kier alpha value is -3.18. The van der Waals surface area contributed by atoms with Crippen LogP contribution in [0.3, 0.4) is 0 Å². The molecule has 0 fully saturated rings. The topological polar surface area (TPSA) is 68.0 Å². The van der Waals surface area contributed by atoms with E-state index in [1.165, 1.54) is 11.8 Å². The van der Waals surface area contributed by atoms with Crippen LogP contribution in [0.4, 0.5) is 5.69 Å². The maximum atomic E-state index is 12.4. The molecule has 0 aliphatic heterocycles. The Morgan fingerprint density at radius 2 is 2.00 bits per heavy atom. The van der Waals surface area contributed by atoms with Gasteiger partial charge in [-0.15, -0.1) is 0 Å². The van der Waals surface area contributed by atoms with E-state index < -0.39 is 0 Å². The number of halogens is 1. The largest absolute Gasteiger partial charge is 0.436 e. The molecule has 2 heterocycles. The number of carbonyl (C=O) groups excluding carboxylic acids is 1. The summed E-state index contributed by atoms with van der Waals surface area (Å²) in [5.41, 5.74) is 4.39. The van der Waals surface area contributed by atoms with Crippen molar-refractivity contribution in [3.8, 4) is 11.5 Å². The highest BCUT2D eigenvalue weighted by molar-refractivity contribution is 6.34. The molecule has 2 aromatic carbocycles. The summed E-state index contributed by atoms with van der Waals surface area (Å²) in [6.45, 7) is 4.27. The summed E-state index contributed by atoms with van der Waals surface area (Å²) in [5.74, 6) is 0.602. The summed E-state index contributed by atoms with van der Waals surface area (Å²) in [6, 6.07) is 14.7. The first kappa shape index (κ1) is 18.2. The van der Waals surface area contributed by atoms with Crippen LogP contribution < -0.4 is 5.32 Å². The van der Waals surface area contributed by atoms with Gasteiger partial charge in [-0.2, -0.15) is 0 Å². The molecule has 0 atom stereocenters. The number of aromatic nitrogens is 2. The molecule has 140 valence electrons. The lowest BCUT2D eigenvalue weighted by molar-refractivity contribution is 0.102. The molecule has 6 heteroatoms. The molecule has 0 unspecified atom stereocenters. The number of oxazole rings is 1. The number of hydrogen-bond acceptors (Lipinski definition) is 4. The van der Waals surface area contributed by atoms with Crippen molar-refractivity contribution in [2.75, 3.05) is 5.32 Å². The van der Waals surface area contributed by atoms with Crippen molar-refractivity contribution in [1.29, 1.82) is 0 Å². The zero-order chi connectivity index (χ0) is 19.7. The molecular formula is C22H18ClN3O2. The highest BCUT2D eigenvalue weighted by atomic mass is 35.5. The van der Waals surface area contributed by atoms with Crippen molar-refractivity contribution in [3.63, 3.8) is 0 Å². The van der Waals surface area contributed by atoms with Gasteiger partial charge in [0.2, 0.25) is 5.89 Å². The summed E-state index contributed by atoms with van der Waals surface area (Å²) >= 11 is 6.27. The van der Waals surface area contributed by atoms with E-state index in [-0.39, 0.29) is 5.91 Å². The van der Waals surface area contributed by atoms with E-state index in [4.69, 9.17) is 16.0 Å². The number of pyridine rings is 1. The van der Waals surface area contributed by atoms with E-state index in [1.807, 2.05) is 24.3 Å². The van der Waals surface area contributed by atoms with Gasteiger partial charge in [0.15, 0.2) is 5.58 Å². The SMILES string of the molecule is CC(C)c1ccc2oc(-c3ccc(Cl)c(NC(=O)c4cccnc4)c3)nc2c1. The number of nitrogens with one attached hydrogen (secondary N) is 1. The first-order valence-electron chi connectivity index (χ1n) is 8.93. The summed E-state index contributed by atoms with van der Waals surface area (Å²) in [7, 11) is 0. The van der Waals surface area contributed by atoms with Crippen molar-refractivity contribution in [1.82, 2.24) is 9.97 Å². The minimum atomic E-state index is -0.286. The normalized spacial score (nSPS) is 11.1. The molecule has 0 radical (unpaired) electrons. The summed E-state index contributed by atoms with van der Waals surface area (Å²) in [4.78, 5) is 21.0. The van der Waals surface area contributed by atoms with Gasteiger partial charge in [0.1, 0.15) is 5.52 Å². The fraction of sp³-hybridized carbons (Fsp3) is 0.136. The smallest absolute Gasteiger partial charge is 0.257 e. The molecule has 1 N–H and O–H groups in total. The van der Waals surface area contributed by atoms with E-state index in [2.05, 4.69) is 29.1 Å². The molecule has 28 heavy (non-hydrogen) atoms. The standard InChI is InChI=1S/C22H18ClN3O2/c1-13(2)14-6-8-20-19(10-14)26-22(28-20)15-5-7-17(23)18(11-15)25-21(27)16-4-3-9-24-12-16/h3-13H,1-2H3,(H,25,27). The van der Waals surface area contributed by atoms with Crippen molar-refractivity contribution in [2.45, 2.75) is 19.8 Å². The predicted octanol–water partition coefficient (Wildman–Crippen LogP) is 5.92. The monoisotopic (exact) mass is 391 g/mol. The van der Waals surface area contributed by atoms with Crippen LogP contribution in [0.5, 0.6) is 0 Å². The third-order valence-corrected chi connectivity index (χ3v) is 4.79. The summed E-state index contributed by atoms with van der Waals surface area (Å²) in [6.07, 6.45) is 3.11. The Morgan fingerprint density at radius 3 is 2.75 bits per heavy atom. The molecule has 2 aromatic heterocycles. The summed E-state index contributed by atoms with van der Waals surface area (Å²) < 4.78 is 5.90. The first-order valence-corrected chi connectivity index (χ1v) is 9.31. The van der Waals surface area contributed by atoms with Gasteiger partial charge in [0.25, 0.3) is 5.91 Å². The number of anilines is 1. The second kappa shape index (κ2) is 7.44. The van der Waals surface area contributed by atoms with Gasteiger partial charge in [-0.25, -0.2) is 4.98 Å². The maximum Gasteiger partial charge on any atom is 0.257 e. The fourth-order valence-corrected chi connectivity index (χ4v) is 3.04. The number of hydrogen-bond donors (Lipinski definition) is 1. The second-order valence-electron chi connectivity index (χ2n) is 6.79. The van der Waals surface area contributed by atoms with Crippen molar-refractivity contribution in [3.05, 3.63) is 77.1 Å². The molecule has 0 saturated heterocycles. The molecule has 4 aromatic rings. The Balaban J connectivity index is 1.67. The molecule has 0 aliphatic carbocycles. The number of carbonyl (C=O) groups is 1.